The van der Waals surface area contributed by atoms with Crippen molar-refractivity contribution in [3.8, 4) is 0 Å². The summed E-state index contributed by atoms with van der Waals surface area (Å²) >= 11 is 0. The smallest absolute Gasteiger partial charge is 0.323 e. The van der Waals surface area contributed by atoms with Crippen molar-refractivity contribution in [3.63, 3.8) is 0 Å². The van der Waals surface area contributed by atoms with Gasteiger partial charge in [-0.05, 0) is 41.0 Å². The van der Waals surface area contributed by atoms with Gasteiger partial charge in [0.15, 0.2) is 5.41 Å². The normalized spacial score (nSPS) is 11.8. The van der Waals surface area contributed by atoms with Crippen molar-refractivity contribution in [3.05, 3.63) is 0 Å². The molecule has 0 N–H and O–H groups in total. The van der Waals surface area contributed by atoms with Crippen molar-refractivity contribution in [2.75, 3.05) is 0 Å². The minimum absolute atomic E-state index is 0.232. The zero-order valence-electron chi connectivity index (χ0n) is 13.8. The quantitative estimate of drug-likeness (QED) is 0.367. The van der Waals surface area contributed by atoms with E-state index < -0.39 is 17.4 Å². The number of ether oxygens (including phenoxy) is 2. The number of hydrogen-bond acceptors (Lipinski definition) is 4. The fourth-order valence-corrected chi connectivity index (χ4v) is 1.88. The van der Waals surface area contributed by atoms with E-state index in [4.69, 9.17) is 9.47 Å². The van der Waals surface area contributed by atoms with Gasteiger partial charge in [-0.2, -0.15) is 0 Å². The van der Waals surface area contributed by atoms with E-state index in [1.54, 1.807) is 34.6 Å². The Bertz CT molecular complexity index is 286. The lowest BCUT2D eigenvalue weighted by atomic mass is 9.84. The van der Waals surface area contributed by atoms with Crippen LogP contribution in [0.5, 0.6) is 0 Å². The van der Waals surface area contributed by atoms with Gasteiger partial charge in [0.2, 0.25) is 0 Å². The molecule has 0 atom stereocenters. The molecule has 0 saturated carbocycles. The van der Waals surface area contributed by atoms with Gasteiger partial charge in [0.25, 0.3) is 0 Å². The summed E-state index contributed by atoms with van der Waals surface area (Å²) < 4.78 is 10.5. The van der Waals surface area contributed by atoms with Crippen molar-refractivity contribution in [1.29, 1.82) is 0 Å². The van der Waals surface area contributed by atoms with Gasteiger partial charge >= 0.3 is 11.9 Å². The Morgan fingerprint density at radius 3 is 1.70 bits per heavy atom. The molecule has 0 unspecified atom stereocenters. The van der Waals surface area contributed by atoms with Crippen LogP contribution in [0.4, 0.5) is 0 Å². The highest BCUT2D eigenvalue weighted by molar-refractivity contribution is 5.99. The van der Waals surface area contributed by atoms with Crippen LogP contribution in [0.15, 0.2) is 0 Å². The van der Waals surface area contributed by atoms with E-state index in [2.05, 4.69) is 6.92 Å². The van der Waals surface area contributed by atoms with Crippen LogP contribution in [-0.2, 0) is 19.1 Å². The molecule has 0 saturated heterocycles. The maximum absolute atomic E-state index is 12.2. The van der Waals surface area contributed by atoms with E-state index >= 15 is 0 Å². The molecule has 118 valence electrons. The number of rotatable bonds is 9. The summed E-state index contributed by atoms with van der Waals surface area (Å²) in [6.45, 7) is 10.9. The van der Waals surface area contributed by atoms with Crippen LogP contribution in [0.1, 0.15) is 73.6 Å². The van der Waals surface area contributed by atoms with E-state index in [9.17, 15) is 9.59 Å². The molecular formula is C16H30O4. The van der Waals surface area contributed by atoms with Crippen molar-refractivity contribution >= 4 is 11.9 Å². The molecule has 20 heavy (non-hydrogen) atoms. The minimum Gasteiger partial charge on any atom is -0.462 e. The number of unbranched alkanes of at least 4 members (excludes halogenated alkanes) is 3. The Kier molecular flexibility index (Phi) is 8.51. The summed E-state index contributed by atoms with van der Waals surface area (Å²) in [5, 5.41) is 0. The van der Waals surface area contributed by atoms with Crippen LogP contribution in [0, 0.1) is 5.41 Å². The van der Waals surface area contributed by atoms with Crippen molar-refractivity contribution < 1.29 is 19.1 Å². The zero-order chi connectivity index (χ0) is 15.8. The van der Waals surface area contributed by atoms with Gasteiger partial charge in [-0.15, -0.1) is 0 Å². The van der Waals surface area contributed by atoms with Gasteiger partial charge in [-0.25, -0.2) is 0 Å². The minimum atomic E-state index is -1.19. The first kappa shape index (κ1) is 18.9. The van der Waals surface area contributed by atoms with Gasteiger partial charge in [0, 0.05) is 0 Å². The lowest BCUT2D eigenvalue weighted by Gasteiger charge is -2.27. The fraction of sp³-hybridized carbons (Fsp3) is 0.875. The molecule has 0 amide bonds. The first-order valence-electron chi connectivity index (χ1n) is 7.66. The lowest BCUT2D eigenvalue weighted by molar-refractivity contribution is -0.176. The summed E-state index contributed by atoms with van der Waals surface area (Å²) in [6.07, 6.45) is 4.07. The molecule has 0 spiro atoms. The summed E-state index contributed by atoms with van der Waals surface area (Å²) in [5.74, 6) is -0.954. The largest absolute Gasteiger partial charge is 0.462 e. The highest BCUT2D eigenvalue weighted by Gasteiger charge is 2.44. The van der Waals surface area contributed by atoms with Gasteiger partial charge in [-0.1, -0.05) is 32.6 Å². The van der Waals surface area contributed by atoms with Crippen LogP contribution < -0.4 is 0 Å². The highest BCUT2D eigenvalue weighted by Crippen LogP contribution is 2.29. The first-order chi connectivity index (χ1) is 9.24. The SMILES string of the molecule is CCCCCCC(C)(C(=O)OC(C)C)C(=O)OC(C)C. The molecule has 4 heteroatoms. The predicted octanol–water partition coefficient (Wildman–Crippen LogP) is 3.87. The van der Waals surface area contributed by atoms with Crippen molar-refractivity contribution in [1.82, 2.24) is 0 Å². The summed E-state index contributed by atoms with van der Waals surface area (Å²) in [4.78, 5) is 24.5. The second-order valence-electron chi connectivity index (χ2n) is 6.05. The van der Waals surface area contributed by atoms with Gasteiger partial charge in [0.1, 0.15) is 0 Å². The van der Waals surface area contributed by atoms with Crippen LogP contribution in [-0.4, -0.2) is 24.1 Å². The predicted molar refractivity (Wildman–Crippen MR) is 79.3 cm³/mol. The zero-order valence-corrected chi connectivity index (χ0v) is 13.8. The maximum atomic E-state index is 12.2. The molecule has 0 bridgehead atoms. The molecule has 0 aliphatic heterocycles. The fourth-order valence-electron chi connectivity index (χ4n) is 1.88. The Labute approximate surface area is 123 Å². The molecule has 0 aromatic rings. The van der Waals surface area contributed by atoms with Crippen LogP contribution >= 0.6 is 0 Å². The molecule has 0 aromatic carbocycles. The number of hydrogen-bond donors (Lipinski definition) is 0. The average Bonchev–Trinajstić information content (AvgIpc) is 2.32. The number of carbonyl (C=O) groups excluding carboxylic acids is 2. The molecule has 0 heterocycles. The van der Waals surface area contributed by atoms with Crippen molar-refractivity contribution in [2.45, 2.75) is 85.9 Å². The van der Waals surface area contributed by atoms with E-state index in [1.807, 2.05) is 0 Å². The van der Waals surface area contributed by atoms with E-state index in [-0.39, 0.29) is 12.2 Å². The third kappa shape index (κ3) is 6.40. The Morgan fingerprint density at radius 1 is 0.900 bits per heavy atom. The first-order valence-corrected chi connectivity index (χ1v) is 7.66. The summed E-state index contributed by atoms with van der Waals surface area (Å²) in [7, 11) is 0. The Hall–Kier alpha value is -1.06. The van der Waals surface area contributed by atoms with E-state index in [1.165, 1.54) is 0 Å². The van der Waals surface area contributed by atoms with Gasteiger partial charge in [-0.3, -0.25) is 9.59 Å². The Balaban J connectivity index is 4.82. The maximum Gasteiger partial charge on any atom is 0.323 e. The molecule has 0 aliphatic carbocycles. The van der Waals surface area contributed by atoms with Gasteiger partial charge in [0.05, 0.1) is 12.2 Å². The summed E-state index contributed by atoms with van der Waals surface area (Å²) in [5.41, 5.74) is -1.19. The van der Waals surface area contributed by atoms with Crippen LogP contribution in [0.25, 0.3) is 0 Å². The van der Waals surface area contributed by atoms with E-state index in [0.29, 0.717) is 6.42 Å². The third-order valence-corrected chi connectivity index (χ3v) is 3.12. The van der Waals surface area contributed by atoms with Gasteiger partial charge < -0.3 is 9.47 Å². The molecular weight excluding hydrogens is 256 g/mol. The monoisotopic (exact) mass is 286 g/mol. The molecule has 0 aromatic heterocycles. The molecule has 4 nitrogen and oxygen atoms in total. The highest BCUT2D eigenvalue weighted by atomic mass is 16.6. The standard InChI is InChI=1S/C16H30O4/c1-7-8-9-10-11-16(6,14(17)19-12(2)3)15(18)20-13(4)5/h12-13H,7-11H2,1-6H3. The number of esters is 2. The second-order valence-corrected chi connectivity index (χ2v) is 6.05. The topological polar surface area (TPSA) is 52.6 Å². The molecule has 0 rings (SSSR count). The molecule has 0 radical (unpaired) electrons. The van der Waals surface area contributed by atoms with Crippen LogP contribution in [0.2, 0.25) is 0 Å². The molecule has 0 fully saturated rings. The number of carbonyl (C=O) groups is 2. The third-order valence-electron chi connectivity index (χ3n) is 3.12. The van der Waals surface area contributed by atoms with E-state index in [0.717, 1.165) is 25.7 Å². The average molecular weight is 286 g/mol. The summed E-state index contributed by atoms with van der Waals surface area (Å²) in [6, 6.07) is 0. The second kappa shape index (κ2) is 8.98. The molecule has 0 aliphatic rings. The Morgan fingerprint density at radius 2 is 1.35 bits per heavy atom. The lowest BCUT2D eigenvalue weighted by Crippen LogP contribution is -2.41. The van der Waals surface area contributed by atoms with Crippen LogP contribution in [0.3, 0.4) is 0 Å². The van der Waals surface area contributed by atoms with Crippen molar-refractivity contribution in [2.24, 2.45) is 5.41 Å².